The van der Waals surface area contributed by atoms with Crippen molar-refractivity contribution in [3.05, 3.63) is 52.9 Å². The molecule has 0 spiro atoms. The standard InChI is InChI=1S/C17H16F6N4O/c18-11-6-13(20)12(19)4-9(11)3-10(24)5-16(28)27-2-1-26-7-14(17(21,22)23)25-15(26)8-27/h4,6-7,10H,1-3,5,8,24H2/t10-/m1/s1. The van der Waals surface area contributed by atoms with Crippen molar-refractivity contribution in [2.45, 2.75) is 38.1 Å². The van der Waals surface area contributed by atoms with Gasteiger partial charge in [0.1, 0.15) is 11.6 Å². The zero-order chi connectivity index (χ0) is 20.6. The summed E-state index contributed by atoms with van der Waals surface area (Å²) >= 11 is 0. The summed E-state index contributed by atoms with van der Waals surface area (Å²) in [5, 5.41) is 0. The molecule has 0 saturated heterocycles. The van der Waals surface area contributed by atoms with Gasteiger partial charge in [0.15, 0.2) is 17.3 Å². The van der Waals surface area contributed by atoms with Gasteiger partial charge in [0.25, 0.3) is 0 Å². The molecule has 1 aromatic carbocycles. The normalized spacial score (nSPS) is 15.5. The molecule has 0 unspecified atom stereocenters. The van der Waals surface area contributed by atoms with E-state index in [9.17, 15) is 31.1 Å². The van der Waals surface area contributed by atoms with Crippen molar-refractivity contribution < 1.29 is 31.1 Å². The van der Waals surface area contributed by atoms with Gasteiger partial charge in [-0.05, 0) is 18.1 Å². The van der Waals surface area contributed by atoms with Gasteiger partial charge in [-0.3, -0.25) is 4.79 Å². The van der Waals surface area contributed by atoms with E-state index in [1.807, 2.05) is 0 Å². The molecule has 1 atom stereocenters. The highest BCUT2D eigenvalue weighted by atomic mass is 19.4. The van der Waals surface area contributed by atoms with Crippen LogP contribution in [0, 0.1) is 17.5 Å². The molecule has 0 saturated carbocycles. The van der Waals surface area contributed by atoms with Gasteiger partial charge in [-0.25, -0.2) is 18.2 Å². The first-order valence-corrected chi connectivity index (χ1v) is 8.34. The van der Waals surface area contributed by atoms with Crippen LogP contribution in [0.2, 0.25) is 0 Å². The summed E-state index contributed by atoms with van der Waals surface area (Å²) in [4.78, 5) is 17.2. The second kappa shape index (κ2) is 7.46. The number of nitrogens with two attached hydrogens (primary N) is 1. The van der Waals surface area contributed by atoms with Crippen molar-refractivity contribution in [2.75, 3.05) is 6.54 Å². The van der Waals surface area contributed by atoms with Gasteiger partial charge in [-0.1, -0.05) is 0 Å². The molecule has 28 heavy (non-hydrogen) atoms. The monoisotopic (exact) mass is 406 g/mol. The third-order valence-corrected chi connectivity index (χ3v) is 4.45. The largest absolute Gasteiger partial charge is 0.434 e. The smallest absolute Gasteiger partial charge is 0.333 e. The third-order valence-electron chi connectivity index (χ3n) is 4.45. The zero-order valence-corrected chi connectivity index (χ0v) is 14.4. The van der Waals surface area contributed by atoms with E-state index in [4.69, 9.17) is 5.73 Å². The third kappa shape index (κ3) is 4.29. The molecule has 0 fully saturated rings. The second-order valence-electron chi connectivity index (χ2n) is 6.57. The van der Waals surface area contributed by atoms with Gasteiger partial charge < -0.3 is 15.2 Å². The Balaban J connectivity index is 1.62. The zero-order valence-electron chi connectivity index (χ0n) is 14.4. The van der Waals surface area contributed by atoms with E-state index in [1.54, 1.807) is 0 Å². The van der Waals surface area contributed by atoms with Crippen molar-refractivity contribution in [3.8, 4) is 0 Å². The SMILES string of the molecule is N[C@@H](CC(=O)N1CCn2cc(C(F)(F)F)nc2C1)Cc1cc(F)c(F)cc1F. The van der Waals surface area contributed by atoms with Crippen molar-refractivity contribution in [3.63, 3.8) is 0 Å². The van der Waals surface area contributed by atoms with Gasteiger partial charge in [-0.15, -0.1) is 0 Å². The van der Waals surface area contributed by atoms with Crippen LogP contribution in [0.15, 0.2) is 18.3 Å². The molecule has 2 heterocycles. The molecule has 3 rings (SSSR count). The molecular weight excluding hydrogens is 390 g/mol. The Morgan fingerprint density at radius 2 is 1.82 bits per heavy atom. The van der Waals surface area contributed by atoms with Crippen LogP contribution in [0.5, 0.6) is 0 Å². The summed E-state index contributed by atoms with van der Waals surface area (Å²) in [6.07, 6.45) is -4.11. The van der Waals surface area contributed by atoms with Crippen LogP contribution < -0.4 is 5.73 Å². The van der Waals surface area contributed by atoms with Crippen LogP contribution in [0.25, 0.3) is 0 Å². The first kappa shape index (κ1) is 20.2. The van der Waals surface area contributed by atoms with Crippen LogP contribution in [-0.2, 0) is 30.5 Å². The van der Waals surface area contributed by atoms with Crippen molar-refractivity contribution in [1.82, 2.24) is 14.5 Å². The summed E-state index contributed by atoms with van der Waals surface area (Å²) in [5.41, 5.74) is 4.64. The first-order valence-electron chi connectivity index (χ1n) is 8.34. The number of benzene rings is 1. The number of aromatic nitrogens is 2. The summed E-state index contributed by atoms with van der Waals surface area (Å²) in [7, 11) is 0. The van der Waals surface area contributed by atoms with E-state index in [1.165, 1.54) is 9.47 Å². The highest BCUT2D eigenvalue weighted by Gasteiger charge is 2.36. The molecule has 1 aliphatic heterocycles. The lowest BCUT2D eigenvalue weighted by atomic mass is 10.0. The molecular formula is C17H16F6N4O. The van der Waals surface area contributed by atoms with Gasteiger partial charge in [0, 0.05) is 37.8 Å². The molecule has 2 N–H and O–H groups in total. The number of nitrogens with zero attached hydrogens (tertiary/aromatic N) is 3. The van der Waals surface area contributed by atoms with E-state index in [-0.39, 0.29) is 43.9 Å². The average Bonchev–Trinajstić information content (AvgIpc) is 3.03. The predicted octanol–water partition coefficient (Wildman–Crippen LogP) is 2.62. The van der Waals surface area contributed by atoms with E-state index in [2.05, 4.69) is 4.98 Å². The van der Waals surface area contributed by atoms with Crippen molar-refractivity contribution in [2.24, 2.45) is 5.73 Å². The fourth-order valence-corrected chi connectivity index (χ4v) is 3.03. The molecule has 0 bridgehead atoms. The summed E-state index contributed by atoms with van der Waals surface area (Å²) in [6.45, 7) is 0.212. The Kier molecular flexibility index (Phi) is 5.37. The molecule has 1 aliphatic rings. The lowest BCUT2D eigenvalue weighted by molar-refractivity contribution is -0.141. The van der Waals surface area contributed by atoms with E-state index >= 15 is 0 Å². The predicted molar refractivity (Wildman–Crippen MR) is 85.3 cm³/mol. The Hall–Kier alpha value is -2.56. The minimum atomic E-state index is -4.57. The maximum atomic E-state index is 13.7. The molecule has 152 valence electrons. The second-order valence-corrected chi connectivity index (χ2v) is 6.57. The van der Waals surface area contributed by atoms with Crippen LogP contribution in [-0.4, -0.2) is 32.9 Å². The first-order chi connectivity index (χ1) is 13.0. The van der Waals surface area contributed by atoms with E-state index in [0.29, 0.717) is 12.1 Å². The van der Waals surface area contributed by atoms with Gasteiger partial charge in [-0.2, -0.15) is 13.2 Å². The minimum Gasteiger partial charge on any atom is -0.333 e. The number of fused-ring (bicyclic) bond motifs is 1. The summed E-state index contributed by atoms with van der Waals surface area (Å²) in [6, 6.07) is 0.215. The topological polar surface area (TPSA) is 64.2 Å². The summed E-state index contributed by atoms with van der Waals surface area (Å²) in [5.74, 6) is -3.86. The number of carbonyl (C=O) groups excluding carboxylic acids is 1. The molecule has 0 aliphatic carbocycles. The molecule has 1 aromatic heterocycles. The maximum Gasteiger partial charge on any atom is 0.434 e. The Bertz CT molecular complexity index is 895. The van der Waals surface area contributed by atoms with Crippen LogP contribution in [0.3, 0.4) is 0 Å². The van der Waals surface area contributed by atoms with Crippen LogP contribution in [0.4, 0.5) is 26.3 Å². The van der Waals surface area contributed by atoms with Gasteiger partial charge in [0.2, 0.25) is 5.91 Å². The van der Waals surface area contributed by atoms with Crippen molar-refractivity contribution >= 4 is 5.91 Å². The minimum absolute atomic E-state index is 0.104. The molecule has 1 amide bonds. The lowest BCUT2D eigenvalue weighted by Crippen LogP contribution is -2.41. The van der Waals surface area contributed by atoms with Crippen molar-refractivity contribution in [1.29, 1.82) is 0 Å². The fourth-order valence-electron chi connectivity index (χ4n) is 3.03. The molecule has 5 nitrogen and oxygen atoms in total. The van der Waals surface area contributed by atoms with E-state index in [0.717, 1.165) is 6.20 Å². The Morgan fingerprint density at radius 1 is 1.14 bits per heavy atom. The number of halogens is 6. The number of rotatable bonds is 4. The molecule has 2 aromatic rings. The number of alkyl halides is 3. The number of amides is 1. The molecule has 0 radical (unpaired) electrons. The van der Waals surface area contributed by atoms with Crippen LogP contribution in [0.1, 0.15) is 23.5 Å². The number of hydrogen-bond donors (Lipinski definition) is 1. The van der Waals surface area contributed by atoms with Gasteiger partial charge >= 0.3 is 6.18 Å². The number of imidazole rings is 1. The maximum absolute atomic E-state index is 13.7. The fraction of sp³-hybridized carbons (Fsp3) is 0.412. The Labute approximate surface area is 155 Å². The Morgan fingerprint density at radius 3 is 2.50 bits per heavy atom. The highest BCUT2D eigenvalue weighted by molar-refractivity contribution is 5.76. The number of carbonyl (C=O) groups is 1. The highest BCUT2D eigenvalue weighted by Crippen LogP contribution is 2.29. The van der Waals surface area contributed by atoms with Crippen LogP contribution >= 0.6 is 0 Å². The quantitative estimate of drug-likeness (QED) is 0.627. The van der Waals surface area contributed by atoms with E-state index < -0.39 is 41.3 Å². The molecule has 11 heteroatoms. The average molecular weight is 406 g/mol. The number of hydrogen-bond acceptors (Lipinski definition) is 3. The van der Waals surface area contributed by atoms with Gasteiger partial charge in [0.05, 0.1) is 6.54 Å². The summed E-state index contributed by atoms with van der Waals surface area (Å²) < 4.78 is 79.5. The lowest BCUT2D eigenvalue weighted by Gasteiger charge is -2.28.